The van der Waals surface area contributed by atoms with Gasteiger partial charge in [-0.05, 0) is 55.2 Å². The van der Waals surface area contributed by atoms with E-state index in [0.717, 1.165) is 23.3 Å². The van der Waals surface area contributed by atoms with Gasteiger partial charge in [0, 0.05) is 12.6 Å². The maximum atomic E-state index is 13.3. The molecule has 0 aliphatic rings. The summed E-state index contributed by atoms with van der Waals surface area (Å²) < 4.78 is 5.18. The van der Waals surface area contributed by atoms with Gasteiger partial charge in [-0.25, -0.2) is 0 Å². The second-order valence-electron chi connectivity index (χ2n) is 7.54. The van der Waals surface area contributed by atoms with Gasteiger partial charge in [0.15, 0.2) is 0 Å². The molecular weight excluding hydrogens is 435 g/mol. The first-order valence-electron chi connectivity index (χ1n) is 10.5. The van der Waals surface area contributed by atoms with E-state index < -0.39 is 6.04 Å². The van der Waals surface area contributed by atoms with Crippen LogP contribution < -0.4 is 10.1 Å². The average Bonchev–Trinajstić information content (AvgIpc) is 2.76. The molecule has 168 valence electrons. The molecule has 2 rings (SSSR count). The van der Waals surface area contributed by atoms with Crippen LogP contribution in [0.5, 0.6) is 5.75 Å². The van der Waals surface area contributed by atoms with Crippen molar-refractivity contribution in [2.45, 2.75) is 58.7 Å². The third-order valence-electron chi connectivity index (χ3n) is 5.24. The highest BCUT2D eigenvalue weighted by Crippen LogP contribution is 2.24. The number of methoxy groups -OCH3 is 1. The molecule has 2 aromatic rings. The van der Waals surface area contributed by atoms with Crippen LogP contribution in [0.15, 0.2) is 42.5 Å². The van der Waals surface area contributed by atoms with Gasteiger partial charge in [0.1, 0.15) is 11.8 Å². The Balaban J connectivity index is 2.30. The van der Waals surface area contributed by atoms with Crippen LogP contribution in [0.3, 0.4) is 0 Å². The number of hydrogen-bond acceptors (Lipinski definition) is 3. The van der Waals surface area contributed by atoms with Gasteiger partial charge in [-0.3, -0.25) is 9.59 Å². The van der Waals surface area contributed by atoms with Gasteiger partial charge < -0.3 is 15.0 Å². The van der Waals surface area contributed by atoms with Crippen LogP contribution in [0.1, 0.15) is 44.7 Å². The molecule has 0 aliphatic carbocycles. The van der Waals surface area contributed by atoms with E-state index in [1.165, 1.54) is 0 Å². The number of carbonyl (C=O) groups is 2. The SMILES string of the molecule is CC[C@@H](C)NC(=O)[C@H](CC)N(Cc1ccc(Cl)c(Cl)c1)C(=O)Cc1ccc(OC)cc1. The number of rotatable bonds is 10. The maximum Gasteiger partial charge on any atom is 0.243 e. The Hall–Kier alpha value is -2.24. The van der Waals surface area contributed by atoms with Gasteiger partial charge in [-0.1, -0.05) is 55.2 Å². The van der Waals surface area contributed by atoms with Crippen LogP contribution in [0.25, 0.3) is 0 Å². The number of nitrogens with zero attached hydrogens (tertiary/aromatic N) is 1. The van der Waals surface area contributed by atoms with Crippen LogP contribution in [-0.4, -0.2) is 35.9 Å². The highest BCUT2D eigenvalue weighted by Gasteiger charge is 2.29. The van der Waals surface area contributed by atoms with E-state index in [0.29, 0.717) is 16.5 Å². The second-order valence-corrected chi connectivity index (χ2v) is 8.35. The van der Waals surface area contributed by atoms with Crippen LogP contribution >= 0.6 is 23.2 Å². The van der Waals surface area contributed by atoms with Gasteiger partial charge >= 0.3 is 0 Å². The molecule has 7 heteroatoms. The lowest BCUT2D eigenvalue weighted by atomic mass is 10.1. The van der Waals surface area contributed by atoms with Crippen molar-refractivity contribution in [1.82, 2.24) is 10.2 Å². The molecule has 2 aromatic carbocycles. The van der Waals surface area contributed by atoms with Gasteiger partial charge in [-0.2, -0.15) is 0 Å². The smallest absolute Gasteiger partial charge is 0.243 e. The number of benzene rings is 2. The molecule has 31 heavy (non-hydrogen) atoms. The molecule has 0 aliphatic heterocycles. The summed E-state index contributed by atoms with van der Waals surface area (Å²) in [5, 5.41) is 3.87. The molecule has 1 N–H and O–H groups in total. The van der Waals surface area contributed by atoms with Crippen molar-refractivity contribution >= 4 is 35.0 Å². The van der Waals surface area contributed by atoms with Crippen molar-refractivity contribution in [3.63, 3.8) is 0 Å². The third kappa shape index (κ3) is 7.15. The number of ether oxygens (including phenoxy) is 1. The molecule has 0 bridgehead atoms. The largest absolute Gasteiger partial charge is 0.497 e. The topological polar surface area (TPSA) is 58.6 Å². The van der Waals surface area contributed by atoms with E-state index in [2.05, 4.69) is 5.32 Å². The van der Waals surface area contributed by atoms with Gasteiger partial charge in [-0.15, -0.1) is 0 Å². The lowest BCUT2D eigenvalue weighted by molar-refractivity contribution is -0.141. The molecular formula is C24H30Cl2N2O3. The third-order valence-corrected chi connectivity index (χ3v) is 5.98. The summed E-state index contributed by atoms with van der Waals surface area (Å²) >= 11 is 12.2. The zero-order valence-electron chi connectivity index (χ0n) is 18.5. The minimum Gasteiger partial charge on any atom is -0.497 e. The Morgan fingerprint density at radius 2 is 1.65 bits per heavy atom. The standard InChI is InChI=1S/C24H30Cl2N2O3/c1-5-16(3)27-24(30)22(6-2)28(15-18-9-12-20(25)21(26)13-18)23(29)14-17-7-10-19(31-4)11-8-17/h7-13,16,22H,5-6,14-15H2,1-4H3,(H,27,30)/t16-,22+/m1/s1. The zero-order chi connectivity index (χ0) is 23.0. The second kappa shape index (κ2) is 12.0. The molecule has 2 amide bonds. The molecule has 0 radical (unpaired) electrons. The summed E-state index contributed by atoms with van der Waals surface area (Å²) in [5.41, 5.74) is 1.66. The first kappa shape index (κ1) is 25.0. The Labute approximate surface area is 194 Å². The molecule has 5 nitrogen and oxygen atoms in total. The fraction of sp³-hybridized carbons (Fsp3) is 0.417. The maximum absolute atomic E-state index is 13.3. The summed E-state index contributed by atoms with van der Waals surface area (Å²) in [7, 11) is 1.60. The number of halogens is 2. The van der Waals surface area contributed by atoms with Crippen LogP contribution in [-0.2, 0) is 22.6 Å². The summed E-state index contributed by atoms with van der Waals surface area (Å²) in [4.78, 5) is 27.9. The van der Waals surface area contributed by atoms with Crippen molar-refractivity contribution in [3.8, 4) is 5.75 Å². The Bertz CT molecular complexity index is 887. The number of hydrogen-bond donors (Lipinski definition) is 1. The normalized spacial score (nSPS) is 12.7. The lowest BCUT2D eigenvalue weighted by Gasteiger charge is -2.31. The van der Waals surface area contributed by atoms with Crippen LogP contribution in [0, 0.1) is 0 Å². The van der Waals surface area contributed by atoms with Crippen molar-refractivity contribution < 1.29 is 14.3 Å². The summed E-state index contributed by atoms with van der Waals surface area (Å²) in [5.74, 6) is 0.436. The lowest BCUT2D eigenvalue weighted by Crippen LogP contribution is -2.51. The highest BCUT2D eigenvalue weighted by atomic mass is 35.5. The van der Waals surface area contributed by atoms with Crippen molar-refractivity contribution in [2.24, 2.45) is 0 Å². The highest BCUT2D eigenvalue weighted by molar-refractivity contribution is 6.42. The predicted octanol–water partition coefficient (Wildman–Crippen LogP) is 5.27. The molecule has 0 saturated heterocycles. The molecule has 0 fully saturated rings. The quantitative estimate of drug-likeness (QED) is 0.520. The van der Waals surface area contributed by atoms with Gasteiger partial charge in [0.05, 0.1) is 23.6 Å². The summed E-state index contributed by atoms with van der Waals surface area (Å²) in [6.45, 7) is 6.13. The van der Waals surface area contributed by atoms with Crippen molar-refractivity contribution in [3.05, 3.63) is 63.6 Å². The number of nitrogens with one attached hydrogen (secondary N) is 1. The Morgan fingerprint density at radius 1 is 1.00 bits per heavy atom. The number of amides is 2. The van der Waals surface area contributed by atoms with Crippen molar-refractivity contribution in [1.29, 1.82) is 0 Å². The molecule has 0 heterocycles. The minimum absolute atomic E-state index is 0.0325. The fourth-order valence-electron chi connectivity index (χ4n) is 3.21. The van der Waals surface area contributed by atoms with Gasteiger partial charge in [0.25, 0.3) is 0 Å². The minimum atomic E-state index is -0.589. The first-order chi connectivity index (χ1) is 14.8. The summed E-state index contributed by atoms with van der Waals surface area (Å²) in [6.07, 6.45) is 1.49. The molecule has 0 aromatic heterocycles. The molecule has 0 spiro atoms. The molecule has 0 saturated carbocycles. The Kier molecular flexibility index (Phi) is 9.66. The molecule has 0 unspecified atom stereocenters. The van der Waals surface area contributed by atoms with E-state index in [-0.39, 0.29) is 30.8 Å². The van der Waals surface area contributed by atoms with Crippen LogP contribution in [0.2, 0.25) is 10.0 Å². The predicted molar refractivity (Wildman–Crippen MR) is 126 cm³/mol. The zero-order valence-corrected chi connectivity index (χ0v) is 20.0. The Morgan fingerprint density at radius 3 is 2.19 bits per heavy atom. The van der Waals surface area contributed by atoms with E-state index >= 15 is 0 Å². The van der Waals surface area contributed by atoms with E-state index in [1.807, 2.05) is 51.1 Å². The van der Waals surface area contributed by atoms with Crippen molar-refractivity contribution in [2.75, 3.05) is 7.11 Å². The first-order valence-corrected chi connectivity index (χ1v) is 11.2. The molecule has 2 atom stereocenters. The number of carbonyl (C=O) groups excluding carboxylic acids is 2. The van der Waals surface area contributed by atoms with E-state index in [9.17, 15) is 9.59 Å². The fourth-order valence-corrected chi connectivity index (χ4v) is 3.54. The average molecular weight is 465 g/mol. The van der Waals surface area contributed by atoms with Gasteiger partial charge in [0.2, 0.25) is 11.8 Å². The van der Waals surface area contributed by atoms with Crippen LogP contribution in [0.4, 0.5) is 0 Å². The summed E-state index contributed by atoms with van der Waals surface area (Å²) in [6, 6.07) is 12.0. The monoisotopic (exact) mass is 464 g/mol. The van der Waals surface area contributed by atoms with E-state index in [4.69, 9.17) is 27.9 Å². The van der Waals surface area contributed by atoms with E-state index in [1.54, 1.807) is 24.1 Å².